The Labute approximate surface area is 148 Å². The number of amides is 1. The molecule has 0 spiro atoms. The van der Waals surface area contributed by atoms with Gasteiger partial charge in [0.05, 0.1) is 17.4 Å². The molecule has 1 heterocycles. The zero-order valence-electron chi connectivity index (χ0n) is 13.9. The lowest BCUT2D eigenvalue weighted by Crippen LogP contribution is -2.28. The summed E-state index contributed by atoms with van der Waals surface area (Å²) in [6.07, 6.45) is -3.75. The first-order chi connectivity index (χ1) is 12.4. The highest BCUT2D eigenvalue weighted by atomic mass is 19.4. The number of rotatable bonds is 4. The fourth-order valence-electron chi connectivity index (χ4n) is 2.68. The van der Waals surface area contributed by atoms with Crippen LogP contribution in [-0.2, 0) is 12.7 Å². The topological polar surface area (TPSA) is 38.1 Å². The number of carbonyl (C=O) groups is 1. The zero-order chi connectivity index (χ0) is 18.7. The third-order valence-corrected chi connectivity index (χ3v) is 3.88. The molecular weight excluding hydrogens is 343 g/mol. The lowest BCUT2D eigenvalue weighted by molar-refractivity contribution is -0.143. The predicted octanol–water partition coefficient (Wildman–Crippen LogP) is 4.16. The molecule has 1 amide bonds. The van der Waals surface area contributed by atoms with Gasteiger partial charge in [0.15, 0.2) is 5.69 Å². The molecule has 0 unspecified atom stereocenters. The largest absolute Gasteiger partial charge is 0.434 e. The number of hydrogen-bond donors (Lipinski definition) is 0. The summed E-state index contributed by atoms with van der Waals surface area (Å²) in [5.41, 5.74) is -0.481. The predicted molar refractivity (Wildman–Crippen MR) is 90.8 cm³/mol. The van der Waals surface area contributed by atoms with Crippen molar-refractivity contribution in [3.8, 4) is 5.69 Å². The minimum atomic E-state index is -4.72. The molecule has 0 aliphatic carbocycles. The van der Waals surface area contributed by atoms with Crippen molar-refractivity contribution >= 4 is 5.91 Å². The van der Waals surface area contributed by atoms with Gasteiger partial charge < -0.3 is 4.90 Å². The van der Waals surface area contributed by atoms with E-state index in [0.29, 0.717) is 0 Å². The first-order valence-corrected chi connectivity index (χ1v) is 7.88. The molecule has 0 radical (unpaired) electrons. The Morgan fingerprint density at radius 3 is 2.19 bits per heavy atom. The van der Waals surface area contributed by atoms with Crippen LogP contribution in [0.5, 0.6) is 0 Å². The number of hydrogen-bond acceptors (Lipinski definition) is 2. The second-order valence-electron chi connectivity index (χ2n) is 5.80. The van der Waals surface area contributed by atoms with Crippen molar-refractivity contribution in [2.45, 2.75) is 12.7 Å². The lowest BCUT2D eigenvalue weighted by atomic mass is 10.1. The molecule has 3 aromatic rings. The normalized spacial score (nSPS) is 11.4. The van der Waals surface area contributed by atoms with E-state index in [2.05, 4.69) is 5.10 Å². The van der Waals surface area contributed by atoms with E-state index in [1.807, 2.05) is 30.3 Å². The average molecular weight is 359 g/mol. The molecule has 3 rings (SSSR count). The number of nitrogens with zero attached hydrogens (tertiary/aromatic N) is 3. The maximum absolute atomic E-state index is 13.6. The number of carbonyl (C=O) groups excluding carboxylic acids is 1. The molecule has 0 saturated carbocycles. The fourth-order valence-corrected chi connectivity index (χ4v) is 2.68. The summed E-state index contributed by atoms with van der Waals surface area (Å²) in [6.45, 7) is 0.202. The van der Waals surface area contributed by atoms with Crippen molar-refractivity contribution in [1.82, 2.24) is 14.7 Å². The first kappa shape index (κ1) is 17.7. The molecule has 7 heteroatoms. The molecule has 1 aromatic heterocycles. The van der Waals surface area contributed by atoms with Gasteiger partial charge in [-0.3, -0.25) is 4.79 Å². The van der Waals surface area contributed by atoms with Crippen molar-refractivity contribution in [2.24, 2.45) is 0 Å². The zero-order valence-corrected chi connectivity index (χ0v) is 13.9. The van der Waals surface area contributed by atoms with Crippen LogP contribution in [0.1, 0.15) is 21.6 Å². The number of halogens is 3. The highest BCUT2D eigenvalue weighted by Crippen LogP contribution is 2.34. The van der Waals surface area contributed by atoms with Crippen molar-refractivity contribution in [3.63, 3.8) is 0 Å². The number of para-hydroxylation sites is 1. The van der Waals surface area contributed by atoms with E-state index < -0.39 is 23.3 Å². The molecule has 0 atom stereocenters. The average Bonchev–Trinajstić information content (AvgIpc) is 3.08. The summed E-state index contributed by atoms with van der Waals surface area (Å²) < 4.78 is 41.7. The quantitative estimate of drug-likeness (QED) is 0.701. The van der Waals surface area contributed by atoms with E-state index in [-0.39, 0.29) is 12.2 Å². The smallest absolute Gasteiger partial charge is 0.337 e. The Hall–Kier alpha value is -3.09. The van der Waals surface area contributed by atoms with E-state index in [4.69, 9.17) is 0 Å². The third-order valence-electron chi connectivity index (χ3n) is 3.88. The molecule has 4 nitrogen and oxygen atoms in total. The van der Waals surface area contributed by atoms with E-state index in [1.54, 1.807) is 18.2 Å². The van der Waals surface area contributed by atoms with Crippen LogP contribution in [0.2, 0.25) is 0 Å². The van der Waals surface area contributed by atoms with Gasteiger partial charge in [0.2, 0.25) is 0 Å². The van der Waals surface area contributed by atoms with E-state index in [1.165, 1.54) is 24.1 Å². The van der Waals surface area contributed by atoms with Crippen molar-refractivity contribution in [1.29, 1.82) is 0 Å². The second kappa shape index (κ2) is 7.03. The van der Waals surface area contributed by atoms with Crippen LogP contribution in [0.4, 0.5) is 13.2 Å². The van der Waals surface area contributed by atoms with Crippen molar-refractivity contribution in [2.75, 3.05) is 7.05 Å². The van der Waals surface area contributed by atoms with E-state index in [9.17, 15) is 18.0 Å². The van der Waals surface area contributed by atoms with Gasteiger partial charge in [0.1, 0.15) is 0 Å². The summed E-state index contributed by atoms with van der Waals surface area (Å²) in [5.74, 6) is -0.733. The maximum Gasteiger partial charge on any atom is 0.434 e. The van der Waals surface area contributed by atoms with Crippen molar-refractivity contribution < 1.29 is 18.0 Å². The molecule has 0 fully saturated rings. The van der Waals surface area contributed by atoms with Gasteiger partial charge in [-0.1, -0.05) is 48.5 Å². The first-order valence-electron chi connectivity index (χ1n) is 7.88. The van der Waals surface area contributed by atoms with E-state index >= 15 is 0 Å². The van der Waals surface area contributed by atoms with Crippen LogP contribution >= 0.6 is 0 Å². The molecule has 0 saturated heterocycles. The standard InChI is InChI=1S/C19H16F3N3O/c1-24(13-14-8-4-2-5-9-14)18(26)16-12-23-25(17(16)19(20,21)22)15-10-6-3-7-11-15/h2-12H,13H2,1H3. The third kappa shape index (κ3) is 3.61. The summed E-state index contributed by atoms with van der Waals surface area (Å²) in [4.78, 5) is 13.9. The fraction of sp³-hybridized carbons (Fsp3) is 0.158. The van der Waals surface area contributed by atoms with Crippen LogP contribution < -0.4 is 0 Å². The Kier molecular flexibility index (Phi) is 4.79. The maximum atomic E-state index is 13.6. The van der Waals surface area contributed by atoms with Gasteiger partial charge in [-0.2, -0.15) is 18.3 Å². The summed E-state index contributed by atoms with van der Waals surface area (Å²) in [5, 5.41) is 3.81. The van der Waals surface area contributed by atoms with Gasteiger partial charge in [0, 0.05) is 13.6 Å². The monoisotopic (exact) mass is 359 g/mol. The Balaban J connectivity index is 1.97. The SMILES string of the molecule is CN(Cc1ccccc1)C(=O)c1cnn(-c2ccccc2)c1C(F)(F)F. The molecule has 0 N–H and O–H groups in total. The van der Waals surface area contributed by atoms with Gasteiger partial charge in [-0.25, -0.2) is 4.68 Å². The van der Waals surface area contributed by atoms with Crippen LogP contribution in [0, 0.1) is 0 Å². The molecular formula is C19H16F3N3O. The van der Waals surface area contributed by atoms with Crippen LogP contribution in [-0.4, -0.2) is 27.6 Å². The molecule has 0 bridgehead atoms. The Morgan fingerprint density at radius 2 is 1.62 bits per heavy atom. The Morgan fingerprint density at radius 1 is 1.04 bits per heavy atom. The minimum Gasteiger partial charge on any atom is -0.337 e. The number of alkyl halides is 3. The highest BCUT2D eigenvalue weighted by molar-refractivity contribution is 5.95. The second-order valence-corrected chi connectivity index (χ2v) is 5.80. The number of benzene rings is 2. The van der Waals surface area contributed by atoms with Gasteiger partial charge in [0.25, 0.3) is 5.91 Å². The summed E-state index contributed by atoms with van der Waals surface area (Å²) in [7, 11) is 1.47. The molecule has 0 aliphatic rings. The summed E-state index contributed by atoms with van der Waals surface area (Å²) >= 11 is 0. The summed E-state index contributed by atoms with van der Waals surface area (Å²) in [6, 6.07) is 17.0. The van der Waals surface area contributed by atoms with Crippen LogP contribution in [0.25, 0.3) is 5.69 Å². The number of aromatic nitrogens is 2. The molecule has 134 valence electrons. The van der Waals surface area contributed by atoms with E-state index in [0.717, 1.165) is 16.4 Å². The van der Waals surface area contributed by atoms with Crippen LogP contribution in [0.3, 0.4) is 0 Å². The minimum absolute atomic E-state index is 0.202. The molecule has 2 aromatic carbocycles. The van der Waals surface area contributed by atoms with Crippen molar-refractivity contribution in [3.05, 3.63) is 83.7 Å². The Bertz CT molecular complexity index is 889. The van der Waals surface area contributed by atoms with Gasteiger partial charge >= 0.3 is 6.18 Å². The lowest BCUT2D eigenvalue weighted by Gasteiger charge is -2.18. The highest BCUT2D eigenvalue weighted by Gasteiger charge is 2.41. The van der Waals surface area contributed by atoms with Crippen LogP contribution in [0.15, 0.2) is 66.9 Å². The van der Waals surface area contributed by atoms with Gasteiger partial charge in [-0.05, 0) is 17.7 Å². The van der Waals surface area contributed by atoms with Gasteiger partial charge in [-0.15, -0.1) is 0 Å². The molecule has 0 aliphatic heterocycles. The molecule has 26 heavy (non-hydrogen) atoms.